The summed E-state index contributed by atoms with van der Waals surface area (Å²) in [6, 6.07) is 3.94. The first-order valence-electron chi connectivity index (χ1n) is 6.78. The number of aromatic nitrogens is 3. The van der Waals surface area contributed by atoms with E-state index in [2.05, 4.69) is 10.1 Å². The second-order valence-electron chi connectivity index (χ2n) is 5.42. The van der Waals surface area contributed by atoms with Crippen molar-refractivity contribution in [2.24, 2.45) is 12.5 Å². The Kier molecular flexibility index (Phi) is 3.33. The lowest BCUT2D eigenvalue weighted by atomic mass is 9.82. The van der Waals surface area contributed by atoms with Crippen LogP contribution in [0.15, 0.2) is 17.5 Å². The van der Waals surface area contributed by atoms with Crippen LogP contribution in [0.25, 0.3) is 10.7 Å². The Morgan fingerprint density at radius 1 is 1.50 bits per heavy atom. The van der Waals surface area contributed by atoms with Gasteiger partial charge in [-0.15, -0.1) is 11.3 Å². The molecule has 6 heteroatoms. The highest BCUT2D eigenvalue weighted by atomic mass is 32.1. The van der Waals surface area contributed by atoms with Crippen LogP contribution in [-0.4, -0.2) is 25.8 Å². The molecule has 5 nitrogen and oxygen atoms in total. The van der Waals surface area contributed by atoms with Crippen LogP contribution in [0.2, 0.25) is 0 Å². The number of hydrogen-bond acceptors (Lipinski definition) is 4. The van der Waals surface area contributed by atoms with Crippen molar-refractivity contribution in [2.45, 2.75) is 32.1 Å². The van der Waals surface area contributed by atoms with Gasteiger partial charge in [0.15, 0.2) is 5.82 Å². The van der Waals surface area contributed by atoms with E-state index in [4.69, 9.17) is 0 Å². The van der Waals surface area contributed by atoms with Crippen molar-refractivity contribution < 1.29 is 9.90 Å². The minimum atomic E-state index is -0.698. The van der Waals surface area contributed by atoms with Gasteiger partial charge in [-0.2, -0.15) is 5.10 Å². The lowest BCUT2D eigenvalue weighted by molar-refractivity contribution is -0.148. The second-order valence-corrected chi connectivity index (χ2v) is 6.37. The number of carbonyl (C=O) groups is 1. The van der Waals surface area contributed by atoms with Gasteiger partial charge < -0.3 is 5.11 Å². The lowest BCUT2D eigenvalue weighted by Gasteiger charge is -2.22. The van der Waals surface area contributed by atoms with E-state index in [0.29, 0.717) is 12.2 Å². The SMILES string of the molecule is Cn1nc(-c2cccs2)nc1CC1(C(=O)O)CCCC1. The van der Waals surface area contributed by atoms with Crippen LogP contribution >= 0.6 is 11.3 Å². The molecule has 1 fully saturated rings. The predicted octanol–water partition coefficient (Wildman–Crippen LogP) is 2.73. The fourth-order valence-corrected chi connectivity index (χ4v) is 3.55. The molecule has 0 amide bonds. The van der Waals surface area contributed by atoms with E-state index in [0.717, 1.165) is 36.4 Å². The fraction of sp³-hybridized carbons (Fsp3) is 0.500. The highest BCUT2D eigenvalue weighted by Crippen LogP contribution is 2.41. The van der Waals surface area contributed by atoms with Crippen LogP contribution < -0.4 is 0 Å². The molecule has 2 aromatic heterocycles. The van der Waals surface area contributed by atoms with Gasteiger partial charge in [-0.05, 0) is 24.3 Å². The molecule has 2 heterocycles. The topological polar surface area (TPSA) is 68.0 Å². The van der Waals surface area contributed by atoms with Gasteiger partial charge in [0.2, 0.25) is 0 Å². The van der Waals surface area contributed by atoms with Crippen molar-refractivity contribution in [3.63, 3.8) is 0 Å². The largest absolute Gasteiger partial charge is 0.481 e. The van der Waals surface area contributed by atoms with Crippen molar-refractivity contribution in [3.8, 4) is 10.7 Å². The van der Waals surface area contributed by atoms with E-state index >= 15 is 0 Å². The van der Waals surface area contributed by atoms with Gasteiger partial charge in [-0.3, -0.25) is 9.48 Å². The molecule has 0 aliphatic heterocycles. The number of carboxylic acid groups (broad SMARTS) is 1. The second kappa shape index (κ2) is 5.01. The van der Waals surface area contributed by atoms with Gasteiger partial charge in [0, 0.05) is 13.5 Å². The molecular formula is C14H17N3O2S. The van der Waals surface area contributed by atoms with Crippen LogP contribution in [0, 0.1) is 5.41 Å². The summed E-state index contributed by atoms with van der Waals surface area (Å²) in [5.74, 6) is 0.754. The predicted molar refractivity (Wildman–Crippen MR) is 76.6 cm³/mol. The number of rotatable bonds is 4. The number of carboxylic acids is 1. The van der Waals surface area contributed by atoms with Crippen LogP contribution in [0.4, 0.5) is 0 Å². The number of hydrogen-bond donors (Lipinski definition) is 1. The van der Waals surface area contributed by atoms with Crippen molar-refractivity contribution in [2.75, 3.05) is 0 Å². The Labute approximate surface area is 121 Å². The summed E-state index contributed by atoms with van der Waals surface area (Å²) in [6.45, 7) is 0. The lowest BCUT2D eigenvalue weighted by Crippen LogP contribution is -2.31. The Morgan fingerprint density at radius 3 is 2.85 bits per heavy atom. The summed E-state index contributed by atoms with van der Waals surface area (Å²) in [7, 11) is 1.84. The molecule has 0 aromatic carbocycles. The first-order chi connectivity index (χ1) is 9.61. The molecule has 3 rings (SSSR count). The summed E-state index contributed by atoms with van der Waals surface area (Å²) >= 11 is 1.59. The van der Waals surface area contributed by atoms with E-state index < -0.39 is 11.4 Å². The summed E-state index contributed by atoms with van der Waals surface area (Å²) in [5, 5.41) is 15.9. The van der Waals surface area contributed by atoms with E-state index in [9.17, 15) is 9.90 Å². The molecule has 20 heavy (non-hydrogen) atoms. The molecule has 1 aliphatic carbocycles. The minimum Gasteiger partial charge on any atom is -0.481 e. The van der Waals surface area contributed by atoms with Gasteiger partial charge >= 0.3 is 5.97 Å². The summed E-state index contributed by atoms with van der Waals surface area (Å²) in [6.07, 6.45) is 3.92. The fourth-order valence-electron chi connectivity index (χ4n) is 2.90. The van der Waals surface area contributed by atoms with Gasteiger partial charge in [0.25, 0.3) is 0 Å². The Bertz CT molecular complexity index is 612. The number of nitrogens with zero attached hydrogens (tertiary/aromatic N) is 3. The van der Waals surface area contributed by atoms with Crippen LogP contribution in [0.5, 0.6) is 0 Å². The molecule has 106 valence electrons. The average molecular weight is 291 g/mol. The van der Waals surface area contributed by atoms with Crippen LogP contribution in [0.1, 0.15) is 31.5 Å². The quantitative estimate of drug-likeness (QED) is 0.940. The Balaban J connectivity index is 1.89. The smallest absolute Gasteiger partial charge is 0.310 e. The van der Waals surface area contributed by atoms with Crippen molar-refractivity contribution in [3.05, 3.63) is 23.3 Å². The summed E-state index contributed by atoms with van der Waals surface area (Å²) in [4.78, 5) is 17.2. The Morgan fingerprint density at radius 2 is 2.25 bits per heavy atom. The first kappa shape index (κ1) is 13.3. The zero-order valence-corrected chi connectivity index (χ0v) is 12.2. The monoisotopic (exact) mass is 291 g/mol. The van der Waals surface area contributed by atoms with E-state index in [1.807, 2.05) is 24.6 Å². The third-order valence-corrected chi connectivity index (χ3v) is 4.97. The Hall–Kier alpha value is -1.69. The molecule has 1 N–H and O–H groups in total. The van der Waals surface area contributed by atoms with Gasteiger partial charge in [0.05, 0.1) is 10.3 Å². The molecule has 1 aliphatic rings. The summed E-state index contributed by atoms with van der Waals surface area (Å²) < 4.78 is 1.72. The number of aliphatic carboxylic acids is 1. The third kappa shape index (κ3) is 2.24. The molecule has 1 saturated carbocycles. The van der Waals surface area contributed by atoms with Crippen LogP contribution in [-0.2, 0) is 18.3 Å². The minimum absolute atomic E-state index is 0.469. The normalized spacial score (nSPS) is 17.4. The maximum absolute atomic E-state index is 11.6. The third-order valence-electron chi connectivity index (χ3n) is 4.11. The van der Waals surface area contributed by atoms with Gasteiger partial charge in [-0.1, -0.05) is 18.9 Å². The van der Waals surface area contributed by atoms with Gasteiger partial charge in [0.1, 0.15) is 5.82 Å². The zero-order valence-electron chi connectivity index (χ0n) is 11.4. The molecule has 0 spiro atoms. The molecular weight excluding hydrogens is 274 g/mol. The highest BCUT2D eigenvalue weighted by Gasteiger charge is 2.42. The molecule has 0 radical (unpaired) electrons. The maximum atomic E-state index is 11.6. The molecule has 2 aromatic rings. The summed E-state index contributed by atoms with van der Waals surface area (Å²) in [5.41, 5.74) is -0.645. The maximum Gasteiger partial charge on any atom is 0.310 e. The zero-order chi connectivity index (χ0) is 14.2. The van der Waals surface area contributed by atoms with E-state index in [1.165, 1.54) is 0 Å². The van der Waals surface area contributed by atoms with E-state index in [-0.39, 0.29) is 0 Å². The standard InChI is InChI=1S/C14H17N3O2S/c1-17-11(9-14(13(18)19)6-2-3-7-14)15-12(16-17)10-5-4-8-20-10/h4-5,8H,2-3,6-7,9H2,1H3,(H,18,19). The number of aryl methyl sites for hydroxylation is 1. The first-order valence-corrected chi connectivity index (χ1v) is 7.66. The van der Waals surface area contributed by atoms with E-state index in [1.54, 1.807) is 16.0 Å². The molecule has 0 unspecified atom stereocenters. The van der Waals surface area contributed by atoms with Crippen molar-refractivity contribution in [1.29, 1.82) is 0 Å². The molecule has 0 atom stereocenters. The van der Waals surface area contributed by atoms with Crippen LogP contribution in [0.3, 0.4) is 0 Å². The number of thiophene rings is 1. The van der Waals surface area contributed by atoms with Crippen molar-refractivity contribution in [1.82, 2.24) is 14.8 Å². The molecule has 0 bridgehead atoms. The highest BCUT2D eigenvalue weighted by molar-refractivity contribution is 7.13. The van der Waals surface area contributed by atoms with Crippen molar-refractivity contribution >= 4 is 17.3 Å². The average Bonchev–Trinajstić information content (AvgIpc) is 3.12. The molecule has 0 saturated heterocycles. The van der Waals surface area contributed by atoms with Gasteiger partial charge in [-0.25, -0.2) is 4.98 Å².